The predicted molar refractivity (Wildman–Crippen MR) is 111 cm³/mol. The molecule has 1 aliphatic heterocycles. The van der Waals surface area contributed by atoms with Gasteiger partial charge in [-0.15, -0.1) is 0 Å². The van der Waals surface area contributed by atoms with Crippen LogP contribution in [0.4, 0.5) is 5.69 Å². The Hall–Kier alpha value is -3.19. The number of para-hydroxylation sites is 1. The maximum Gasteiger partial charge on any atom is 0.244 e. The molecule has 1 amide bonds. The number of thiocarbonyl (C=S) groups is 1. The van der Waals surface area contributed by atoms with Gasteiger partial charge in [-0.1, -0.05) is 24.3 Å². The lowest BCUT2D eigenvalue weighted by molar-refractivity contribution is -0.116. The normalized spacial score (nSPS) is 18.8. The van der Waals surface area contributed by atoms with Crippen LogP contribution in [-0.4, -0.2) is 27.4 Å². The van der Waals surface area contributed by atoms with E-state index in [-0.39, 0.29) is 24.5 Å². The summed E-state index contributed by atoms with van der Waals surface area (Å²) in [6, 6.07) is 18.5. The number of carbonyl (C=O) groups excluding carboxylic acids is 1. The summed E-state index contributed by atoms with van der Waals surface area (Å²) in [5.41, 5.74) is 1.59. The van der Waals surface area contributed by atoms with Gasteiger partial charge in [-0.05, 0) is 55.5 Å². The van der Waals surface area contributed by atoms with E-state index in [1.807, 2.05) is 72.5 Å². The average molecular weight is 392 g/mol. The zero-order valence-electron chi connectivity index (χ0n) is 15.3. The van der Waals surface area contributed by atoms with Gasteiger partial charge in [0.2, 0.25) is 5.91 Å². The first-order valence-corrected chi connectivity index (χ1v) is 9.42. The van der Waals surface area contributed by atoms with E-state index < -0.39 is 0 Å². The number of hydrogen-bond donors (Lipinski definition) is 2. The molecule has 0 spiro atoms. The van der Waals surface area contributed by atoms with Gasteiger partial charge in [-0.3, -0.25) is 9.78 Å². The van der Waals surface area contributed by atoms with E-state index in [4.69, 9.17) is 16.6 Å². The molecule has 0 saturated carbocycles. The molecule has 6 nitrogen and oxygen atoms in total. The first kappa shape index (κ1) is 18.2. The highest BCUT2D eigenvalue weighted by molar-refractivity contribution is 7.80. The highest BCUT2D eigenvalue weighted by Gasteiger charge is 2.42. The van der Waals surface area contributed by atoms with E-state index in [0.717, 1.165) is 22.9 Å². The monoisotopic (exact) mass is 392 g/mol. The van der Waals surface area contributed by atoms with Gasteiger partial charge >= 0.3 is 0 Å². The Labute approximate surface area is 168 Å². The van der Waals surface area contributed by atoms with Gasteiger partial charge in [0.05, 0.1) is 11.7 Å². The lowest BCUT2D eigenvalue weighted by Crippen LogP contribution is -2.36. The summed E-state index contributed by atoms with van der Waals surface area (Å²) in [7, 11) is 0. The van der Waals surface area contributed by atoms with Crippen molar-refractivity contribution < 1.29 is 9.21 Å². The molecule has 1 saturated heterocycles. The van der Waals surface area contributed by atoms with Crippen LogP contribution in [0, 0.1) is 6.92 Å². The number of benzene rings is 1. The second-order valence-electron chi connectivity index (χ2n) is 6.62. The van der Waals surface area contributed by atoms with E-state index in [0.29, 0.717) is 5.11 Å². The molecular formula is C21H20N4O2S. The first-order chi connectivity index (χ1) is 13.6. The van der Waals surface area contributed by atoms with Crippen LogP contribution < -0.4 is 10.6 Å². The fourth-order valence-corrected chi connectivity index (χ4v) is 3.68. The molecule has 1 aliphatic rings. The molecule has 0 radical (unpaired) electrons. The van der Waals surface area contributed by atoms with Crippen molar-refractivity contribution in [3.05, 3.63) is 84.1 Å². The minimum atomic E-state index is -0.266. The molecule has 0 aliphatic carbocycles. The number of anilines is 1. The van der Waals surface area contributed by atoms with Gasteiger partial charge in [0, 0.05) is 11.9 Å². The second-order valence-corrected chi connectivity index (χ2v) is 7.00. The largest absolute Gasteiger partial charge is 0.464 e. The van der Waals surface area contributed by atoms with Crippen LogP contribution in [0.2, 0.25) is 0 Å². The molecule has 4 rings (SSSR count). The van der Waals surface area contributed by atoms with Crippen LogP contribution in [-0.2, 0) is 4.79 Å². The smallest absolute Gasteiger partial charge is 0.244 e. The quantitative estimate of drug-likeness (QED) is 0.647. The van der Waals surface area contributed by atoms with Gasteiger partial charge in [-0.2, -0.15) is 0 Å². The minimum absolute atomic E-state index is 0.106. The number of aromatic nitrogens is 1. The summed E-state index contributed by atoms with van der Waals surface area (Å²) in [6.07, 6.45) is 1.75. The molecule has 142 valence electrons. The fraction of sp³-hybridized carbons (Fsp3) is 0.190. The highest BCUT2D eigenvalue weighted by Crippen LogP contribution is 2.38. The van der Waals surface area contributed by atoms with Crippen LogP contribution in [0.25, 0.3) is 0 Å². The zero-order valence-corrected chi connectivity index (χ0v) is 16.1. The number of rotatable bonds is 5. The number of nitrogens with zero attached hydrogens (tertiary/aromatic N) is 2. The number of carbonyl (C=O) groups is 1. The van der Waals surface area contributed by atoms with Crippen LogP contribution in [0.15, 0.2) is 71.3 Å². The van der Waals surface area contributed by atoms with Gasteiger partial charge in [-0.25, -0.2) is 0 Å². The number of hydrogen-bond acceptors (Lipinski definition) is 4. The Morgan fingerprint density at radius 1 is 1.18 bits per heavy atom. The van der Waals surface area contributed by atoms with Crippen molar-refractivity contribution in [2.45, 2.75) is 19.0 Å². The Bertz CT molecular complexity index is 974. The van der Waals surface area contributed by atoms with Gasteiger partial charge in [0.15, 0.2) is 5.11 Å². The summed E-state index contributed by atoms with van der Waals surface area (Å²) < 4.78 is 5.90. The van der Waals surface area contributed by atoms with E-state index in [2.05, 4.69) is 15.6 Å². The molecule has 2 atom stereocenters. The van der Waals surface area contributed by atoms with E-state index in [9.17, 15) is 4.79 Å². The van der Waals surface area contributed by atoms with Gasteiger partial charge in [0.25, 0.3) is 0 Å². The number of amides is 1. The van der Waals surface area contributed by atoms with Crippen molar-refractivity contribution >= 4 is 28.9 Å². The third kappa shape index (κ3) is 3.75. The van der Waals surface area contributed by atoms with Crippen molar-refractivity contribution in [1.29, 1.82) is 0 Å². The van der Waals surface area contributed by atoms with E-state index in [1.54, 1.807) is 6.20 Å². The number of aryl methyl sites for hydroxylation is 1. The maximum atomic E-state index is 12.7. The molecule has 7 heteroatoms. The summed E-state index contributed by atoms with van der Waals surface area (Å²) >= 11 is 5.55. The molecule has 3 aromatic rings. The maximum absolute atomic E-state index is 12.7. The SMILES string of the molecule is Cc1ccc([C@H]2[C@@H](c3ccccn3)NC(=S)N2CC(=O)Nc2ccccc2)o1. The first-order valence-electron chi connectivity index (χ1n) is 9.01. The lowest BCUT2D eigenvalue weighted by atomic mass is 10.0. The van der Waals surface area contributed by atoms with Crippen LogP contribution in [0.1, 0.15) is 29.3 Å². The predicted octanol–water partition coefficient (Wildman–Crippen LogP) is 3.59. The van der Waals surface area contributed by atoms with Crippen molar-refractivity contribution in [2.24, 2.45) is 0 Å². The molecule has 0 unspecified atom stereocenters. The zero-order chi connectivity index (χ0) is 19.5. The number of pyridine rings is 1. The molecule has 0 bridgehead atoms. The van der Waals surface area contributed by atoms with Crippen molar-refractivity contribution in [3.63, 3.8) is 0 Å². The molecule has 3 heterocycles. The average Bonchev–Trinajstić information content (AvgIpc) is 3.26. The molecular weight excluding hydrogens is 372 g/mol. The third-order valence-electron chi connectivity index (χ3n) is 4.62. The Kier molecular flexibility index (Phi) is 5.08. The third-order valence-corrected chi connectivity index (χ3v) is 4.97. The van der Waals surface area contributed by atoms with Crippen LogP contribution >= 0.6 is 12.2 Å². The lowest BCUT2D eigenvalue weighted by Gasteiger charge is -2.25. The summed E-state index contributed by atoms with van der Waals surface area (Å²) in [5, 5.41) is 6.71. The molecule has 28 heavy (non-hydrogen) atoms. The topological polar surface area (TPSA) is 70.4 Å². The Balaban J connectivity index is 1.61. The summed E-state index contributed by atoms with van der Waals surface area (Å²) in [6.45, 7) is 2.00. The van der Waals surface area contributed by atoms with E-state index >= 15 is 0 Å². The van der Waals surface area contributed by atoms with E-state index in [1.165, 1.54) is 0 Å². The van der Waals surface area contributed by atoms with Crippen molar-refractivity contribution in [1.82, 2.24) is 15.2 Å². The van der Waals surface area contributed by atoms with Crippen LogP contribution in [0.3, 0.4) is 0 Å². The summed E-state index contributed by atoms with van der Waals surface area (Å²) in [4.78, 5) is 19.0. The van der Waals surface area contributed by atoms with Gasteiger partial charge in [0.1, 0.15) is 24.1 Å². The fourth-order valence-electron chi connectivity index (χ4n) is 3.37. The Morgan fingerprint density at radius 2 is 1.96 bits per heavy atom. The molecule has 1 fully saturated rings. The number of nitrogens with one attached hydrogen (secondary N) is 2. The Morgan fingerprint density at radius 3 is 2.64 bits per heavy atom. The highest BCUT2D eigenvalue weighted by atomic mass is 32.1. The standard InChI is InChI=1S/C21H20N4O2S/c1-14-10-11-17(27-14)20-19(16-9-5-6-12-22-16)24-21(28)25(20)13-18(26)23-15-7-3-2-4-8-15/h2-12,19-20H,13H2,1H3,(H,23,26)(H,24,28)/t19-,20+/m1/s1. The molecule has 1 aromatic carbocycles. The number of furan rings is 1. The van der Waals surface area contributed by atoms with Gasteiger partial charge < -0.3 is 20.0 Å². The second kappa shape index (κ2) is 7.82. The molecule has 2 aromatic heterocycles. The minimum Gasteiger partial charge on any atom is -0.464 e. The van der Waals surface area contributed by atoms with Crippen molar-refractivity contribution in [2.75, 3.05) is 11.9 Å². The van der Waals surface area contributed by atoms with Crippen LogP contribution in [0.5, 0.6) is 0 Å². The molecule has 2 N–H and O–H groups in total. The van der Waals surface area contributed by atoms with Crippen molar-refractivity contribution in [3.8, 4) is 0 Å². The summed E-state index contributed by atoms with van der Waals surface area (Å²) in [5.74, 6) is 1.40.